The summed E-state index contributed by atoms with van der Waals surface area (Å²) < 4.78 is 5.29. The molecular formula is C16H29IN4O2. The summed E-state index contributed by atoms with van der Waals surface area (Å²) in [5.41, 5.74) is -0.229. The van der Waals surface area contributed by atoms with Crippen molar-refractivity contribution in [1.29, 1.82) is 0 Å². The number of nitrogens with one attached hydrogen (secondary N) is 2. The Kier molecular flexibility index (Phi) is 9.94. The number of likely N-dealkylation sites (N-methyl/N-ethyl adjacent to an activating group) is 1. The molecule has 0 bridgehead atoms. The first-order valence-corrected chi connectivity index (χ1v) is 7.64. The number of furan rings is 1. The molecule has 1 amide bonds. The Morgan fingerprint density at radius 2 is 2.09 bits per heavy atom. The second kappa shape index (κ2) is 10.5. The lowest BCUT2D eigenvalue weighted by Crippen LogP contribution is -2.48. The zero-order valence-corrected chi connectivity index (χ0v) is 17.0. The molecular weight excluding hydrogens is 407 g/mol. The summed E-state index contributed by atoms with van der Waals surface area (Å²) in [7, 11) is 1.86. The zero-order valence-electron chi connectivity index (χ0n) is 14.7. The maximum absolute atomic E-state index is 12.0. The van der Waals surface area contributed by atoms with Crippen molar-refractivity contribution in [2.24, 2.45) is 4.99 Å². The maximum Gasteiger partial charge on any atom is 0.240 e. The lowest BCUT2D eigenvalue weighted by molar-refractivity contribution is -0.122. The standard InChI is InChI=1S/C16H28N4O2.HI/c1-6-17-15(18-10-9-13-8-7-11-22-13)20(5)12-14(21)19-16(2,3)4;/h7-8,11H,6,9-10,12H2,1-5H3,(H,17,18)(H,19,21);1H. The zero-order chi connectivity index (χ0) is 16.6. The summed E-state index contributed by atoms with van der Waals surface area (Å²) in [6.45, 7) is 9.54. The Morgan fingerprint density at radius 3 is 2.61 bits per heavy atom. The predicted molar refractivity (Wildman–Crippen MR) is 104 cm³/mol. The monoisotopic (exact) mass is 436 g/mol. The maximum atomic E-state index is 12.0. The van der Waals surface area contributed by atoms with Crippen molar-refractivity contribution in [3.05, 3.63) is 24.2 Å². The molecule has 1 heterocycles. The number of guanidine groups is 1. The van der Waals surface area contributed by atoms with Gasteiger partial charge in [-0.1, -0.05) is 0 Å². The highest BCUT2D eigenvalue weighted by atomic mass is 127. The first-order valence-electron chi connectivity index (χ1n) is 7.64. The van der Waals surface area contributed by atoms with Gasteiger partial charge in [-0.15, -0.1) is 24.0 Å². The molecule has 0 aliphatic carbocycles. The van der Waals surface area contributed by atoms with Gasteiger partial charge in [0.15, 0.2) is 5.96 Å². The molecule has 1 aromatic rings. The Morgan fingerprint density at radius 1 is 1.39 bits per heavy atom. The number of aliphatic imine (C=N–C) groups is 1. The van der Waals surface area contributed by atoms with Gasteiger partial charge in [-0.25, -0.2) is 0 Å². The molecule has 0 atom stereocenters. The molecule has 0 aromatic carbocycles. The summed E-state index contributed by atoms with van der Waals surface area (Å²) in [4.78, 5) is 18.3. The van der Waals surface area contributed by atoms with Gasteiger partial charge in [0.25, 0.3) is 0 Å². The first kappa shape index (κ1) is 21.8. The van der Waals surface area contributed by atoms with E-state index in [1.165, 1.54) is 0 Å². The smallest absolute Gasteiger partial charge is 0.240 e. The van der Waals surface area contributed by atoms with Crippen LogP contribution in [0.1, 0.15) is 33.5 Å². The van der Waals surface area contributed by atoms with Crippen LogP contribution in [0, 0.1) is 0 Å². The third kappa shape index (κ3) is 9.47. The number of rotatable bonds is 6. The first-order chi connectivity index (χ1) is 10.3. The summed E-state index contributed by atoms with van der Waals surface area (Å²) in [6.07, 6.45) is 2.40. The number of nitrogens with zero attached hydrogens (tertiary/aromatic N) is 2. The molecule has 0 radical (unpaired) electrons. The fraction of sp³-hybridized carbons (Fsp3) is 0.625. The summed E-state index contributed by atoms with van der Waals surface area (Å²) in [6, 6.07) is 3.80. The van der Waals surface area contributed by atoms with E-state index < -0.39 is 0 Å². The van der Waals surface area contributed by atoms with Crippen molar-refractivity contribution in [3.63, 3.8) is 0 Å². The van der Waals surface area contributed by atoms with Crippen LogP contribution >= 0.6 is 24.0 Å². The van der Waals surface area contributed by atoms with Crippen LogP contribution in [0.15, 0.2) is 27.8 Å². The molecule has 6 nitrogen and oxygen atoms in total. The second-order valence-electron chi connectivity index (χ2n) is 6.22. The largest absolute Gasteiger partial charge is 0.469 e. The number of hydrogen-bond acceptors (Lipinski definition) is 3. The predicted octanol–water partition coefficient (Wildman–Crippen LogP) is 2.25. The van der Waals surface area contributed by atoms with E-state index in [1.807, 2.05) is 51.8 Å². The van der Waals surface area contributed by atoms with Crippen LogP contribution in [0.5, 0.6) is 0 Å². The molecule has 7 heteroatoms. The van der Waals surface area contributed by atoms with Crippen LogP contribution in [0.25, 0.3) is 0 Å². The molecule has 132 valence electrons. The quantitative estimate of drug-likeness (QED) is 0.408. The second-order valence-corrected chi connectivity index (χ2v) is 6.22. The van der Waals surface area contributed by atoms with Crippen molar-refractivity contribution in [2.45, 2.75) is 39.7 Å². The Hall–Kier alpha value is -1.25. The minimum atomic E-state index is -0.229. The molecule has 1 rings (SSSR count). The summed E-state index contributed by atoms with van der Waals surface area (Å²) in [5.74, 6) is 1.61. The molecule has 2 N–H and O–H groups in total. The van der Waals surface area contributed by atoms with E-state index in [2.05, 4.69) is 15.6 Å². The summed E-state index contributed by atoms with van der Waals surface area (Å²) in [5, 5.41) is 6.14. The molecule has 0 saturated carbocycles. The number of amides is 1. The van der Waals surface area contributed by atoms with Gasteiger partial charge < -0.3 is 20.0 Å². The van der Waals surface area contributed by atoms with E-state index in [0.29, 0.717) is 6.54 Å². The normalized spacial score (nSPS) is 11.6. The highest BCUT2D eigenvalue weighted by Crippen LogP contribution is 2.01. The Balaban J connectivity index is 0.00000484. The SMILES string of the molecule is CCNC(=NCCc1ccco1)N(C)CC(=O)NC(C)(C)C.I. The van der Waals surface area contributed by atoms with Gasteiger partial charge in [-0.3, -0.25) is 9.79 Å². The topological polar surface area (TPSA) is 69.9 Å². The van der Waals surface area contributed by atoms with E-state index in [4.69, 9.17) is 4.42 Å². The van der Waals surface area contributed by atoms with Crippen LogP contribution in [0.2, 0.25) is 0 Å². The van der Waals surface area contributed by atoms with Crippen LogP contribution in [-0.2, 0) is 11.2 Å². The molecule has 1 aromatic heterocycles. The third-order valence-corrected chi connectivity index (χ3v) is 2.79. The highest BCUT2D eigenvalue weighted by molar-refractivity contribution is 14.0. The van der Waals surface area contributed by atoms with Crippen molar-refractivity contribution in [3.8, 4) is 0 Å². The van der Waals surface area contributed by atoms with E-state index in [9.17, 15) is 4.79 Å². The van der Waals surface area contributed by atoms with Crippen molar-refractivity contribution in [1.82, 2.24) is 15.5 Å². The third-order valence-electron chi connectivity index (χ3n) is 2.79. The molecule has 0 spiro atoms. The van der Waals surface area contributed by atoms with Crippen LogP contribution < -0.4 is 10.6 Å². The molecule has 23 heavy (non-hydrogen) atoms. The number of halogens is 1. The fourth-order valence-corrected chi connectivity index (χ4v) is 1.94. The van der Waals surface area contributed by atoms with E-state index >= 15 is 0 Å². The molecule has 0 aliphatic heterocycles. The van der Waals surface area contributed by atoms with E-state index in [0.717, 1.165) is 24.7 Å². The van der Waals surface area contributed by atoms with Crippen molar-refractivity contribution < 1.29 is 9.21 Å². The van der Waals surface area contributed by atoms with Gasteiger partial charge in [-0.05, 0) is 39.8 Å². The average Bonchev–Trinajstić information content (AvgIpc) is 2.88. The summed E-state index contributed by atoms with van der Waals surface area (Å²) >= 11 is 0. The van der Waals surface area contributed by atoms with E-state index in [-0.39, 0.29) is 42.0 Å². The van der Waals surface area contributed by atoms with Gasteiger partial charge in [0.1, 0.15) is 5.76 Å². The molecule has 0 unspecified atom stereocenters. The van der Waals surface area contributed by atoms with E-state index in [1.54, 1.807) is 6.26 Å². The van der Waals surface area contributed by atoms with Gasteiger partial charge in [-0.2, -0.15) is 0 Å². The fourth-order valence-electron chi connectivity index (χ4n) is 1.94. The van der Waals surface area contributed by atoms with Gasteiger partial charge >= 0.3 is 0 Å². The Bertz CT molecular complexity index is 481. The minimum absolute atomic E-state index is 0. The van der Waals surface area contributed by atoms with Gasteiger partial charge in [0.2, 0.25) is 5.91 Å². The minimum Gasteiger partial charge on any atom is -0.469 e. The molecule has 0 saturated heterocycles. The van der Waals surface area contributed by atoms with Crippen molar-refractivity contribution >= 4 is 35.8 Å². The average molecular weight is 436 g/mol. The lowest BCUT2D eigenvalue weighted by Gasteiger charge is -2.25. The van der Waals surface area contributed by atoms with Crippen molar-refractivity contribution in [2.75, 3.05) is 26.7 Å². The number of carbonyl (C=O) groups excluding carboxylic acids is 1. The molecule has 0 fully saturated rings. The number of hydrogen-bond donors (Lipinski definition) is 2. The van der Waals surface area contributed by atoms with Crippen LogP contribution in [-0.4, -0.2) is 49.0 Å². The van der Waals surface area contributed by atoms with Gasteiger partial charge in [0, 0.05) is 32.1 Å². The highest BCUT2D eigenvalue weighted by Gasteiger charge is 2.16. The van der Waals surface area contributed by atoms with Crippen LogP contribution in [0.3, 0.4) is 0 Å². The Labute approximate surface area is 156 Å². The lowest BCUT2D eigenvalue weighted by atomic mass is 10.1. The number of carbonyl (C=O) groups is 1. The van der Waals surface area contributed by atoms with Crippen LogP contribution in [0.4, 0.5) is 0 Å². The van der Waals surface area contributed by atoms with Gasteiger partial charge in [0.05, 0.1) is 12.8 Å². The molecule has 0 aliphatic rings.